The van der Waals surface area contributed by atoms with Crippen LogP contribution in [-0.4, -0.2) is 31.2 Å². The molecule has 1 amide bonds. The first-order valence-corrected chi connectivity index (χ1v) is 7.71. The lowest BCUT2D eigenvalue weighted by atomic mass is 10.1. The van der Waals surface area contributed by atoms with E-state index in [1.807, 2.05) is 31.2 Å². The molecule has 1 aromatic carbocycles. The summed E-state index contributed by atoms with van der Waals surface area (Å²) in [6, 6.07) is 11.7. The second-order valence-electron chi connectivity index (χ2n) is 5.37. The van der Waals surface area contributed by atoms with Gasteiger partial charge >= 0.3 is 0 Å². The monoisotopic (exact) mass is 313 g/mol. The minimum Gasteiger partial charge on any atom is -0.385 e. The number of rotatable bonds is 8. The van der Waals surface area contributed by atoms with Gasteiger partial charge in [0, 0.05) is 38.7 Å². The molecule has 0 saturated heterocycles. The molecule has 0 radical (unpaired) electrons. The lowest BCUT2D eigenvalue weighted by Crippen LogP contribution is -2.24. The molecule has 0 bridgehead atoms. The van der Waals surface area contributed by atoms with Crippen molar-refractivity contribution in [3.05, 3.63) is 59.4 Å². The predicted octanol–water partition coefficient (Wildman–Crippen LogP) is 2.77. The Bertz CT molecular complexity index is 644. The highest BCUT2D eigenvalue weighted by molar-refractivity contribution is 5.93. The topological polar surface area (TPSA) is 63.2 Å². The van der Waals surface area contributed by atoms with Crippen LogP contribution in [-0.2, 0) is 11.3 Å². The van der Waals surface area contributed by atoms with Gasteiger partial charge < -0.3 is 15.4 Å². The van der Waals surface area contributed by atoms with E-state index in [-0.39, 0.29) is 5.91 Å². The largest absolute Gasteiger partial charge is 0.385 e. The van der Waals surface area contributed by atoms with Crippen LogP contribution in [0, 0.1) is 6.92 Å². The second kappa shape index (κ2) is 8.90. The summed E-state index contributed by atoms with van der Waals surface area (Å²) in [5.41, 5.74) is 3.55. The molecule has 2 N–H and O–H groups in total. The highest BCUT2D eigenvalue weighted by Gasteiger charge is 2.07. The lowest BCUT2D eigenvalue weighted by Gasteiger charge is -2.09. The molecule has 1 aromatic heterocycles. The first-order valence-electron chi connectivity index (χ1n) is 7.71. The minimum absolute atomic E-state index is 0.174. The number of nitrogens with zero attached hydrogens (tertiary/aromatic N) is 1. The van der Waals surface area contributed by atoms with Crippen molar-refractivity contribution in [3.63, 3.8) is 0 Å². The second-order valence-corrected chi connectivity index (χ2v) is 5.37. The van der Waals surface area contributed by atoms with Crippen LogP contribution in [0.1, 0.15) is 28.0 Å². The first-order chi connectivity index (χ1) is 11.2. The van der Waals surface area contributed by atoms with Crippen molar-refractivity contribution in [3.8, 4) is 0 Å². The van der Waals surface area contributed by atoms with Gasteiger partial charge in [-0.15, -0.1) is 0 Å². The molecule has 0 saturated carbocycles. The number of amides is 1. The number of aryl methyl sites for hydroxylation is 1. The van der Waals surface area contributed by atoms with Crippen molar-refractivity contribution in [2.75, 3.05) is 25.6 Å². The van der Waals surface area contributed by atoms with E-state index in [9.17, 15) is 4.79 Å². The lowest BCUT2D eigenvalue weighted by molar-refractivity contribution is 0.0946. The van der Waals surface area contributed by atoms with Gasteiger partial charge in [0.1, 0.15) is 5.69 Å². The molecule has 2 rings (SSSR count). The van der Waals surface area contributed by atoms with Crippen molar-refractivity contribution >= 4 is 11.6 Å². The number of hydrogen-bond acceptors (Lipinski definition) is 4. The molecule has 1 heterocycles. The van der Waals surface area contributed by atoms with Crippen molar-refractivity contribution in [1.82, 2.24) is 10.3 Å². The third-order valence-electron chi connectivity index (χ3n) is 3.38. The Morgan fingerprint density at radius 1 is 1.26 bits per heavy atom. The van der Waals surface area contributed by atoms with Crippen molar-refractivity contribution in [2.24, 2.45) is 0 Å². The molecule has 0 spiro atoms. The maximum absolute atomic E-state index is 12.2. The summed E-state index contributed by atoms with van der Waals surface area (Å²) in [6.45, 7) is 4.03. The third-order valence-corrected chi connectivity index (χ3v) is 3.38. The molecule has 0 atom stereocenters. The summed E-state index contributed by atoms with van der Waals surface area (Å²) in [5.74, 6) is -0.174. The number of hydrogen-bond donors (Lipinski definition) is 2. The Labute approximate surface area is 137 Å². The number of carbonyl (C=O) groups excluding carboxylic acids is 1. The molecular formula is C18H23N3O2. The van der Waals surface area contributed by atoms with Crippen LogP contribution in [0.4, 0.5) is 5.69 Å². The molecule has 122 valence electrons. The quantitative estimate of drug-likeness (QED) is 0.736. The normalized spacial score (nSPS) is 10.3. The number of pyridine rings is 1. The van der Waals surface area contributed by atoms with Crippen LogP contribution in [0.3, 0.4) is 0 Å². The van der Waals surface area contributed by atoms with E-state index in [0.717, 1.165) is 24.2 Å². The molecule has 5 heteroatoms. The van der Waals surface area contributed by atoms with Crippen molar-refractivity contribution in [2.45, 2.75) is 19.9 Å². The number of ether oxygens (including phenoxy) is 1. The fourth-order valence-corrected chi connectivity index (χ4v) is 2.21. The Balaban J connectivity index is 1.89. The number of aromatic nitrogens is 1. The summed E-state index contributed by atoms with van der Waals surface area (Å²) in [7, 11) is 1.68. The highest BCUT2D eigenvalue weighted by atomic mass is 16.5. The standard InChI is InChI=1S/C18H23N3O2/c1-14-5-3-6-15(11-14)13-21-18(22)17-12-16(7-9-20-17)19-8-4-10-23-2/h3,5-7,9,11-12H,4,8,10,13H2,1-2H3,(H,19,20)(H,21,22). The molecule has 0 unspecified atom stereocenters. The maximum Gasteiger partial charge on any atom is 0.270 e. The van der Waals surface area contributed by atoms with E-state index in [1.54, 1.807) is 19.4 Å². The van der Waals surface area contributed by atoms with Gasteiger partial charge in [-0.3, -0.25) is 9.78 Å². The average molecular weight is 313 g/mol. The first kappa shape index (κ1) is 17.0. The van der Waals surface area contributed by atoms with Gasteiger partial charge in [0.2, 0.25) is 0 Å². The summed E-state index contributed by atoms with van der Waals surface area (Å²) in [5, 5.41) is 6.15. The summed E-state index contributed by atoms with van der Waals surface area (Å²) in [4.78, 5) is 16.3. The average Bonchev–Trinajstić information content (AvgIpc) is 2.57. The summed E-state index contributed by atoms with van der Waals surface area (Å²) < 4.78 is 5.01. The van der Waals surface area contributed by atoms with Crippen LogP contribution >= 0.6 is 0 Å². The predicted molar refractivity (Wildman–Crippen MR) is 91.6 cm³/mol. The van der Waals surface area contributed by atoms with Crippen LogP contribution in [0.5, 0.6) is 0 Å². The molecule has 0 aliphatic carbocycles. The molecule has 0 aliphatic rings. The van der Waals surface area contributed by atoms with Crippen LogP contribution in [0.25, 0.3) is 0 Å². The van der Waals surface area contributed by atoms with Gasteiger partial charge in [-0.2, -0.15) is 0 Å². The zero-order valence-electron chi connectivity index (χ0n) is 13.6. The maximum atomic E-state index is 12.2. The van der Waals surface area contributed by atoms with Gasteiger partial charge in [0.25, 0.3) is 5.91 Å². The molecule has 0 aliphatic heterocycles. The van der Waals surface area contributed by atoms with Crippen LogP contribution in [0.2, 0.25) is 0 Å². The van der Waals surface area contributed by atoms with E-state index in [0.29, 0.717) is 18.8 Å². The summed E-state index contributed by atoms with van der Waals surface area (Å²) in [6.07, 6.45) is 2.55. The van der Waals surface area contributed by atoms with E-state index >= 15 is 0 Å². The Morgan fingerprint density at radius 2 is 2.13 bits per heavy atom. The molecular weight excluding hydrogens is 290 g/mol. The van der Waals surface area contributed by atoms with Gasteiger partial charge in [-0.25, -0.2) is 0 Å². The number of nitrogens with one attached hydrogen (secondary N) is 2. The zero-order chi connectivity index (χ0) is 16.5. The molecule has 0 fully saturated rings. The fraction of sp³-hybridized carbons (Fsp3) is 0.333. The van der Waals surface area contributed by atoms with Gasteiger partial charge in [-0.05, 0) is 31.0 Å². The molecule has 5 nitrogen and oxygen atoms in total. The number of benzene rings is 1. The Hall–Kier alpha value is -2.40. The fourth-order valence-electron chi connectivity index (χ4n) is 2.21. The summed E-state index contributed by atoms with van der Waals surface area (Å²) >= 11 is 0. The zero-order valence-corrected chi connectivity index (χ0v) is 13.6. The van der Waals surface area contributed by atoms with Gasteiger partial charge in [0.05, 0.1) is 0 Å². The van der Waals surface area contributed by atoms with Gasteiger partial charge in [0.15, 0.2) is 0 Å². The van der Waals surface area contributed by atoms with E-state index in [1.165, 1.54) is 5.56 Å². The van der Waals surface area contributed by atoms with E-state index in [4.69, 9.17) is 4.74 Å². The highest BCUT2D eigenvalue weighted by Crippen LogP contribution is 2.09. The minimum atomic E-state index is -0.174. The SMILES string of the molecule is COCCCNc1ccnc(C(=O)NCc2cccc(C)c2)c1. The number of carbonyl (C=O) groups is 1. The third kappa shape index (κ3) is 5.71. The molecule has 23 heavy (non-hydrogen) atoms. The number of methoxy groups -OCH3 is 1. The van der Waals surface area contributed by atoms with E-state index < -0.39 is 0 Å². The number of anilines is 1. The van der Waals surface area contributed by atoms with Crippen LogP contribution in [0.15, 0.2) is 42.6 Å². The van der Waals surface area contributed by atoms with Crippen molar-refractivity contribution in [1.29, 1.82) is 0 Å². The van der Waals surface area contributed by atoms with Gasteiger partial charge in [-0.1, -0.05) is 29.8 Å². The van der Waals surface area contributed by atoms with E-state index in [2.05, 4.69) is 21.7 Å². The Kier molecular flexibility index (Phi) is 6.56. The Morgan fingerprint density at radius 3 is 2.91 bits per heavy atom. The smallest absolute Gasteiger partial charge is 0.270 e. The van der Waals surface area contributed by atoms with Crippen LogP contribution < -0.4 is 10.6 Å². The molecule has 2 aromatic rings. The van der Waals surface area contributed by atoms with Crippen molar-refractivity contribution < 1.29 is 9.53 Å².